The molecule has 1 aromatic rings. The second-order valence-corrected chi connectivity index (χ2v) is 4.77. The summed E-state index contributed by atoms with van der Waals surface area (Å²) in [6, 6.07) is 5.33. The summed E-state index contributed by atoms with van der Waals surface area (Å²) in [6.45, 7) is 2.67. The topological polar surface area (TPSA) is 64.8 Å². The first-order valence-corrected chi connectivity index (χ1v) is 6.37. The predicted octanol–water partition coefficient (Wildman–Crippen LogP) is 1.53. The van der Waals surface area contributed by atoms with Gasteiger partial charge in [-0.25, -0.2) is 0 Å². The molecule has 1 amide bonds. The fourth-order valence-corrected chi connectivity index (χ4v) is 2.48. The maximum Gasteiger partial charge on any atom is 0.256 e. The Bertz CT molecular complexity index is 476. The lowest BCUT2D eigenvalue weighted by Crippen LogP contribution is -2.41. The summed E-state index contributed by atoms with van der Waals surface area (Å²) < 4.78 is 10.6. The smallest absolute Gasteiger partial charge is 0.256 e. The Kier molecular flexibility index (Phi) is 3.95. The van der Waals surface area contributed by atoms with Crippen LogP contribution in [0.15, 0.2) is 18.2 Å². The lowest BCUT2D eigenvalue weighted by Gasteiger charge is -2.27. The summed E-state index contributed by atoms with van der Waals surface area (Å²) >= 11 is 0. The van der Waals surface area contributed by atoms with Gasteiger partial charge in [0.15, 0.2) is 0 Å². The van der Waals surface area contributed by atoms with Gasteiger partial charge in [0.1, 0.15) is 5.75 Å². The molecule has 2 atom stereocenters. The van der Waals surface area contributed by atoms with E-state index < -0.39 is 0 Å². The maximum absolute atomic E-state index is 12.5. The third-order valence-corrected chi connectivity index (χ3v) is 3.67. The summed E-state index contributed by atoms with van der Waals surface area (Å²) in [4.78, 5) is 14.2. The van der Waals surface area contributed by atoms with Crippen molar-refractivity contribution in [2.45, 2.75) is 25.5 Å². The number of benzene rings is 1. The second kappa shape index (κ2) is 5.48. The average molecular weight is 264 g/mol. The van der Waals surface area contributed by atoms with Crippen LogP contribution in [0, 0.1) is 0 Å². The van der Waals surface area contributed by atoms with Gasteiger partial charge < -0.3 is 20.1 Å². The summed E-state index contributed by atoms with van der Waals surface area (Å²) in [7, 11) is 3.33. The highest BCUT2D eigenvalue weighted by Gasteiger charge is 2.31. The molecule has 2 unspecified atom stereocenters. The van der Waals surface area contributed by atoms with Gasteiger partial charge in [-0.05, 0) is 25.5 Å². The zero-order valence-corrected chi connectivity index (χ0v) is 11.6. The van der Waals surface area contributed by atoms with Crippen LogP contribution >= 0.6 is 0 Å². The number of carbonyl (C=O) groups is 1. The SMILES string of the molecule is COc1cccc(C(=O)N(C)C2CCOC2C)c1N. The monoisotopic (exact) mass is 264 g/mol. The third kappa shape index (κ3) is 2.51. The number of rotatable bonds is 3. The molecular weight excluding hydrogens is 244 g/mol. The van der Waals surface area contributed by atoms with Gasteiger partial charge in [0.25, 0.3) is 5.91 Å². The molecular formula is C14H20N2O3. The van der Waals surface area contributed by atoms with E-state index in [-0.39, 0.29) is 18.1 Å². The Balaban J connectivity index is 2.24. The number of likely N-dealkylation sites (N-methyl/N-ethyl adjacent to an activating group) is 1. The molecule has 1 saturated heterocycles. The normalized spacial score (nSPS) is 22.3. The molecule has 0 spiro atoms. The molecule has 0 radical (unpaired) electrons. The van der Waals surface area contributed by atoms with Crippen LogP contribution in [-0.2, 0) is 4.74 Å². The van der Waals surface area contributed by atoms with Gasteiger partial charge in [0.05, 0.1) is 30.5 Å². The molecule has 1 fully saturated rings. The second-order valence-electron chi connectivity index (χ2n) is 4.77. The van der Waals surface area contributed by atoms with Crippen LogP contribution in [0.2, 0.25) is 0 Å². The number of anilines is 1. The molecule has 19 heavy (non-hydrogen) atoms. The summed E-state index contributed by atoms with van der Waals surface area (Å²) in [5.74, 6) is 0.425. The Hall–Kier alpha value is -1.75. The number of nitrogens with zero attached hydrogens (tertiary/aromatic N) is 1. The fourth-order valence-electron chi connectivity index (χ4n) is 2.48. The van der Waals surface area contributed by atoms with E-state index in [0.29, 0.717) is 23.6 Å². The van der Waals surface area contributed by atoms with Crippen molar-refractivity contribution in [3.05, 3.63) is 23.8 Å². The molecule has 0 aromatic heterocycles. The molecule has 2 N–H and O–H groups in total. The van der Waals surface area contributed by atoms with Crippen LogP contribution < -0.4 is 10.5 Å². The standard InChI is InChI=1S/C14H20N2O3/c1-9-11(7-8-19-9)16(2)14(17)10-5-4-6-12(18-3)13(10)15/h4-6,9,11H,7-8,15H2,1-3H3. The van der Waals surface area contributed by atoms with E-state index in [2.05, 4.69) is 0 Å². The van der Waals surface area contributed by atoms with Crippen LogP contribution in [0.4, 0.5) is 5.69 Å². The zero-order valence-electron chi connectivity index (χ0n) is 11.6. The molecule has 2 rings (SSSR count). The number of nitrogens with two attached hydrogens (primary N) is 1. The van der Waals surface area contributed by atoms with Gasteiger partial charge in [-0.3, -0.25) is 4.79 Å². The van der Waals surface area contributed by atoms with Crippen molar-refractivity contribution in [1.29, 1.82) is 0 Å². The van der Waals surface area contributed by atoms with Crippen molar-refractivity contribution in [3.63, 3.8) is 0 Å². The van der Waals surface area contributed by atoms with E-state index in [1.54, 1.807) is 30.1 Å². The minimum absolute atomic E-state index is 0.0563. The fraction of sp³-hybridized carbons (Fsp3) is 0.500. The first kappa shape index (κ1) is 13.7. The molecule has 1 aromatic carbocycles. The molecule has 0 bridgehead atoms. The Morgan fingerprint density at radius 2 is 2.26 bits per heavy atom. The predicted molar refractivity (Wildman–Crippen MR) is 73.3 cm³/mol. The van der Waals surface area contributed by atoms with Crippen molar-refractivity contribution in [2.75, 3.05) is 26.5 Å². The van der Waals surface area contributed by atoms with Gasteiger partial charge in [0, 0.05) is 13.7 Å². The Morgan fingerprint density at radius 1 is 1.53 bits per heavy atom. The molecule has 0 aliphatic carbocycles. The van der Waals surface area contributed by atoms with E-state index >= 15 is 0 Å². The quantitative estimate of drug-likeness (QED) is 0.841. The van der Waals surface area contributed by atoms with Gasteiger partial charge >= 0.3 is 0 Å². The molecule has 1 aliphatic heterocycles. The van der Waals surface area contributed by atoms with Crippen molar-refractivity contribution in [3.8, 4) is 5.75 Å². The molecule has 5 nitrogen and oxygen atoms in total. The number of amides is 1. The lowest BCUT2D eigenvalue weighted by molar-refractivity contribution is 0.0575. The van der Waals surface area contributed by atoms with Gasteiger partial charge in [0.2, 0.25) is 0 Å². The minimum atomic E-state index is -0.0984. The first-order valence-electron chi connectivity index (χ1n) is 6.37. The van der Waals surface area contributed by atoms with Crippen LogP contribution in [0.5, 0.6) is 5.75 Å². The van der Waals surface area contributed by atoms with Crippen LogP contribution in [0.25, 0.3) is 0 Å². The third-order valence-electron chi connectivity index (χ3n) is 3.67. The largest absolute Gasteiger partial charge is 0.495 e. The molecule has 1 aliphatic rings. The Labute approximate surface area is 113 Å². The highest BCUT2D eigenvalue weighted by molar-refractivity contribution is 6.00. The van der Waals surface area contributed by atoms with Crippen molar-refractivity contribution in [2.24, 2.45) is 0 Å². The van der Waals surface area contributed by atoms with Crippen molar-refractivity contribution < 1.29 is 14.3 Å². The minimum Gasteiger partial charge on any atom is -0.495 e. The number of nitrogen functional groups attached to an aromatic ring is 1. The molecule has 5 heteroatoms. The van der Waals surface area contributed by atoms with Crippen LogP contribution in [0.3, 0.4) is 0 Å². The number of para-hydroxylation sites is 1. The Morgan fingerprint density at radius 3 is 2.84 bits per heavy atom. The van der Waals surface area contributed by atoms with E-state index in [9.17, 15) is 4.79 Å². The number of methoxy groups -OCH3 is 1. The van der Waals surface area contributed by atoms with Gasteiger partial charge in [-0.2, -0.15) is 0 Å². The van der Waals surface area contributed by atoms with Crippen molar-refractivity contribution in [1.82, 2.24) is 4.90 Å². The summed E-state index contributed by atoms with van der Waals surface area (Å²) in [5.41, 5.74) is 6.82. The number of hydrogen-bond donors (Lipinski definition) is 1. The number of hydrogen-bond acceptors (Lipinski definition) is 4. The van der Waals surface area contributed by atoms with Gasteiger partial charge in [-0.1, -0.05) is 6.07 Å². The highest BCUT2D eigenvalue weighted by atomic mass is 16.5. The summed E-state index contributed by atoms with van der Waals surface area (Å²) in [6.07, 6.45) is 0.911. The van der Waals surface area contributed by atoms with E-state index in [1.165, 1.54) is 7.11 Å². The molecule has 104 valence electrons. The number of carbonyl (C=O) groups excluding carboxylic acids is 1. The van der Waals surface area contributed by atoms with E-state index in [1.807, 2.05) is 6.92 Å². The van der Waals surface area contributed by atoms with E-state index in [4.69, 9.17) is 15.2 Å². The lowest BCUT2D eigenvalue weighted by atomic mass is 10.1. The first-order chi connectivity index (χ1) is 9.06. The maximum atomic E-state index is 12.5. The van der Waals surface area contributed by atoms with Crippen LogP contribution in [0.1, 0.15) is 23.7 Å². The highest BCUT2D eigenvalue weighted by Crippen LogP contribution is 2.27. The molecule has 1 heterocycles. The average Bonchev–Trinajstić information content (AvgIpc) is 2.83. The van der Waals surface area contributed by atoms with Crippen LogP contribution in [-0.4, -0.2) is 43.7 Å². The summed E-state index contributed by atoms with van der Waals surface area (Å²) in [5, 5.41) is 0. The van der Waals surface area contributed by atoms with Crippen molar-refractivity contribution >= 4 is 11.6 Å². The van der Waals surface area contributed by atoms with E-state index in [0.717, 1.165) is 6.42 Å². The van der Waals surface area contributed by atoms with Gasteiger partial charge in [-0.15, -0.1) is 0 Å². The molecule has 0 saturated carbocycles. The zero-order chi connectivity index (χ0) is 14.0. The number of ether oxygens (including phenoxy) is 2.